The molecule has 1 atom stereocenters. The van der Waals surface area contributed by atoms with Gasteiger partial charge in [-0.25, -0.2) is 4.39 Å². The number of hydrogen-bond donors (Lipinski definition) is 1. The van der Waals surface area contributed by atoms with Crippen molar-refractivity contribution in [3.05, 3.63) is 29.6 Å². The number of carbonyl (C=O) groups excluding carboxylic acids is 1. The van der Waals surface area contributed by atoms with Crippen molar-refractivity contribution >= 4 is 5.78 Å². The average Bonchev–Trinajstić information content (AvgIpc) is 2.89. The maximum absolute atomic E-state index is 13.2. The molecule has 1 unspecified atom stereocenters. The van der Waals surface area contributed by atoms with Gasteiger partial charge < -0.3 is 5.11 Å². The van der Waals surface area contributed by atoms with Crippen LogP contribution in [-0.2, 0) is 0 Å². The number of Topliss-reactive ketones (excluding diaryl/α,β-unsaturated/α-hetero) is 1. The lowest BCUT2D eigenvalue weighted by atomic mass is 10.1. The summed E-state index contributed by atoms with van der Waals surface area (Å²) >= 11 is 0. The number of nitrogens with zero attached hydrogens (tertiary/aromatic N) is 2. The van der Waals surface area contributed by atoms with Gasteiger partial charge in [0.05, 0.1) is 12.1 Å². The zero-order chi connectivity index (χ0) is 14.1. The second kappa shape index (κ2) is 5.50. The zero-order valence-corrected chi connectivity index (χ0v) is 11.4. The largest absolute Gasteiger partial charge is 0.507 e. The van der Waals surface area contributed by atoms with E-state index in [1.165, 1.54) is 18.9 Å². The van der Waals surface area contributed by atoms with E-state index in [0.717, 1.165) is 38.3 Å². The molecular weight excluding hydrogens is 259 g/mol. The Labute approximate surface area is 117 Å². The third kappa shape index (κ3) is 2.69. The molecule has 2 fully saturated rings. The van der Waals surface area contributed by atoms with Gasteiger partial charge in [-0.05, 0) is 37.6 Å². The maximum atomic E-state index is 13.2. The molecule has 0 radical (unpaired) electrons. The van der Waals surface area contributed by atoms with Gasteiger partial charge in [0.2, 0.25) is 0 Å². The number of piperazine rings is 1. The van der Waals surface area contributed by atoms with E-state index in [-0.39, 0.29) is 23.6 Å². The molecule has 0 aliphatic carbocycles. The van der Waals surface area contributed by atoms with Crippen molar-refractivity contribution < 1.29 is 14.3 Å². The summed E-state index contributed by atoms with van der Waals surface area (Å²) in [5.74, 6) is -0.851. The first kappa shape index (κ1) is 13.5. The van der Waals surface area contributed by atoms with Crippen LogP contribution in [0.5, 0.6) is 5.75 Å². The van der Waals surface area contributed by atoms with E-state index in [1.54, 1.807) is 0 Å². The second-order valence-electron chi connectivity index (χ2n) is 5.65. The third-order valence-electron chi connectivity index (χ3n) is 4.30. The molecule has 5 heteroatoms. The molecule has 3 rings (SSSR count). The van der Waals surface area contributed by atoms with Crippen LogP contribution in [0.3, 0.4) is 0 Å². The fourth-order valence-corrected chi connectivity index (χ4v) is 3.22. The number of fused-ring (bicyclic) bond motifs is 1. The fourth-order valence-electron chi connectivity index (χ4n) is 3.22. The first-order valence-electron chi connectivity index (χ1n) is 7.11. The van der Waals surface area contributed by atoms with Crippen molar-refractivity contribution in [3.63, 3.8) is 0 Å². The van der Waals surface area contributed by atoms with Crippen LogP contribution in [0.1, 0.15) is 23.2 Å². The van der Waals surface area contributed by atoms with E-state index in [9.17, 15) is 14.3 Å². The number of rotatable bonds is 3. The van der Waals surface area contributed by atoms with E-state index < -0.39 is 5.82 Å². The molecule has 1 aromatic rings. The second-order valence-corrected chi connectivity index (χ2v) is 5.65. The van der Waals surface area contributed by atoms with Crippen LogP contribution in [-0.4, -0.2) is 59.5 Å². The molecule has 1 N–H and O–H groups in total. The van der Waals surface area contributed by atoms with Crippen molar-refractivity contribution in [2.24, 2.45) is 0 Å². The Morgan fingerprint density at radius 1 is 1.35 bits per heavy atom. The minimum Gasteiger partial charge on any atom is -0.507 e. The highest BCUT2D eigenvalue weighted by Gasteiger charge is 2.31. The number of aromatic hydroxyl groups is 1. The van der Waals surface area contributed by atoms with Crippen molar-refractivity contribution in [3.8, 4) is 5.75 Å². The summed E-state index contributed by atoms with van der Waals surface area (Å²) in [6, 6.07) is 4.06. The maximum Gasteiger partial charge on any atom is 0.180 e. The SMILES string of the molecule is O=C(CN1CCN2CCCC2C1)c1cc(F)ccc1O. The first-order valence-corrected chi connectivity index (χ1v) is 7.11. The molecule has 0 amide bonds. The van der Waals surface area contributed by atoms with Gasteiger partial charge in [-0.2, -0.15) is 0 Å². The molecular formula is C15H19FN2O2. The minimum absolute atomic E-state index is 0.0823. The predicted molar refractivity (Wildman–Crippen MR) is 73.4 cm³/mol. The number of carbonyl (C=O) groups is 1. The molecule has 1 aromatic carbocycles. The Balaban J connectivity index is 1.65. The van der Waals surface area contributed by atoms with E-state index in [1.807, 2.05) is 0 Å². The first-order chi connectivity index (χ1) is 9.63. The molecule has 108 valence electrons. The lowest BCUT2D eigenvalue weighted by Gasteiger charge is -2.37. The normalized spacial score (nSPS) is 23.8. The number of halogens is 1. The highest BCUT2D eigenvalue weighted by atomic mass is 19.1. The van der Waals surface area contributed by atoms with E-state index in [4.69, 9.17) is 0 Å². The molecule has 2 aliphatic heterocycles. The van der Waals surface area contributed by atoms with Crippen LogP contribution >= 0.6 is 0 Å². The van der Waals surface area contributed by atoms with Gasteiger partial charge in [-0.3, -0.25) is 14.6 Å². The van der Waals surface area contributed by atoms with Crippen molar-refractivity contribution in [1.82, 2.24) is 9.80 Å². The topological polar surface area (TPSA) is 43.8 Å². The highest BCUT2D eigenvalue weighted by molar-refractivity contribution is 6.00. The molecule has 20 heavy (non-hydrogen) atoms. The smallest absolute Gasteiger partial charge is 0.180 e. The van der Waals surface area contributed by atoms with E-state index in [2.05, 4.69) is 9.80 Å². The number of phenols is 1. The minimum atomic E-state index is -0.494. The van der Waals surface area contributed by atoms with Gasteiger partial charge in [0.15, 0.2) is 5.78 Å². The molecule has 0 bridgehead atoms. The van der Waals surface area contributed by atoms with Crippen molar-refractivity contribution in [2.45, 2.75) is 18.9 Å². The summed E-state index contributed by atoms with van der Waals surface area (Å²) in [5.41, 5.74) is 0.0823. The summed E-state index contributed by atoms with van der Waals surface area (Å²) in [6.45, 7) is 4.16. The Morgan fingerprint density at radius 3 is 3.05 bits per heavy atom. The highest BCUT2D eigenvalue weighted by Crippen LogP contribution is 2.23. The Hall–Kier alpha value is -1.46. The fraction of sp³-hybridized carbons (Fsp3) is 0.533. The Kier molecular flexibility index (Phi) is 3.72. The summed E-state index contributed by atoms with van der Waals surface area (Å²) in [4.78, 5) is 16.8. The zero-order valence-electron chi connectivity index (χ0n) is 11.4. The van der Waals surface area contributed by atoms with Crippen LogP contribution in [0.2, 0.25) is 0 Å². The molecule has 2 aliphatic rings. The predicted octanol–water partition coefficient (Wildman–Crippen LogP) is 1.49. The van der Waals surface area contributed by atoms with Gasteiger partial charge in [-0.15, -0.1) is 0 Å². The van der Waals surface area contributed by atoms with Gasteiger partial charge in [-0.1, -0.05) is 0 Å². The third-order valence-corrected chi connectivity index (χ3v) is 4.30. The molecule has 0 spiro atoms. The quantitative estimate of drug-likeness (QED) is 0.851. The molecule has 4 nitrogen and oxygen atoms in total. The van der Waals surface area contributed by atoms with Gasteiger partial charge in [0.25, 0.3) is 0 Å². The van der Waals surface area contributed by atoms with Crippen LogP contribution < -0.4 is 0 Å². The molecule has 0 aromatic heterocycles. The van der Waals surface area contributed by atoms with Crippen LogP contribution in [0.25, 0.3) is 0 Å². The summed E-state index contributed by atoms with van der Waals surface area (Å²) in [7, 11) is 0. The standard InChI is InChI=1S/C15H19FN2O2/c16-11-3-4-14(19)13(8-11)15(20)10-17-6-7-18-5-1-2-12(18)9-17/h3-4,8,12,19H,1-2,5-7,9-10H2. The lowest BCUT2D eigenvalue weighted by Crippen LogP contribution is -2.51. The lowest BCUT2D eigenvalue weighted by molar-refractivity contribution is 0.0782. The molecule has 2 heterocycles. The summed E-state index contributed by atoms with van der Waals surface area (Å²) < 4.78 is 13.2. The Morgan fingerprint density at radius 2 is 2.20 bits per heavy atom. The number of hydrogen-bond acceptors (Lipinski definition) is 4. The van der Waals surface area contributed by atoms with E-state index in [0.29, 0.717) is 6.04 Å². The molecule has 2 saturated heterocycles. The summed E-state index contributed by atoms with van der Waals surface area (Å²) in [6.07, 6.45) is 2.42. The monoisotopic (exact) mass is 278 g/mol. The van der Waals surface area contributed by atoms with Crippen molar-refractivity contribution in [2.75, 3.05) is 32.7 Å². The van der Waals surface area contributed by atoms with Crippen LogP contribution in [0, 0.1) is 5.82 Å². The number of ketones is 1. The van der Waals surface area contributed by atoms with Crippen LogP contribution in [0.4, 0.5) is 4.39 Å². The van der Waals surface area contributed by atoms with Crippen LogP contribution in [0.15, 0.2) is 18.2 Å². The van der Waals surface area contributed by atoms with Gasteiger partial charge in [0.1, 0.15) is 11.6 Å². The Bertz CT molecular complexity index is 521. The molecule has 0 saturated carbocycles. The van der Waals surface area contributed by atoms with Gasteiger partial charge in [0, 0.05) is 25.7 Å². The van der Waals surface area contributed by atoms with Gasteiger partial charge >= 0.3 is 0 Å². The summed E-state index contributed by atoms with van der Waals surface area (Å²) in [5, 5.41) is 9.67. The van der Waals surface area contributed by atoms with E-state index >= 15 is 0 Å². The number of benzene rings is 1. The average molecular weight is 278 g/mol. The number of phenolic OH excluding ortho intramolecular Hbond substituents is 1. The van der Waals surface area contributed by atoms with Crippen molar-refractivity contribution in [1.29, 1.82) is 0 Å².